The van der Waals surface area contributed by atoms with Gasteiger partial charge in [-0.2, -0.15) is 0 Å². The molecule has 4 rings (SSSR count). The Balaban J connectivity index is 1.50. The Hall–Kier alpha value is -2.59. The van der Waals surface area contributed by atoms with Crippen molar-refractivity contribution in [3.63, 3.8) is 0 Å². The maximum Gasteiger partial charge on any atom is 0.227 e. The molecule has 0 bridgehead atoms. The van der Waals surface area contributed by atoms with Crippen LogP contribution < -0.4 is 0 Å². The molecule has 0 spiro atoms. The van der Waals surface area contributed by atoms with Gasteiger partial charge in [0.05, 0.1) is 19.6 Å². The Kier molecular flexibility index (Phi) is 4.28. The summed E-state index contributed by atoms with van der Waals surface area (Å²) in [6, 6.07) is 18.4. The van der Waals surface area contributed by atoms with Crippen LogP contribution in [0.15, 0.2) is 60.8 Å². The van der Waals surface area contributed by atoms with Crippen molar-refractivity contribution >= 4 is 16.8 Å². The predicted molar refractivity (Wildman–Crippen MR) is 98.3 cm³/mol. The molecule has 4 heteroatoms. The van der Waals surface area contributed by atoms with Crippen molar-refractivity contribution in [2.24, 2.45) is 7.05 Å². The second-order valence-electron chi connectivity index (χ2n) is 6.57. The van der Waals surface area contributed by atoms with E-state index in [1.807, 2.05) is 42.3 Å². The Morgan fingerprint density at radius 1 is 1.12 bits per heavy atom. The summed E-state index contributed by atoms with van der Waals surface area (Å²) in [5, 5.41) is 1.16. The average Bonchev–Trinajstić information content (AvgIpc) is 2.98. The lowest BCUT2D eigenvalue weighted by Crippen LogP contribution is -2.42. The smallest absolute Gasteiger partial charge is 0.227 e. The van der Waals surface area contributed by atoms with Gasteiger partial charge in [-0.3, -0.25) is 4.79 Å². The second kappa shape index (κ2) is 6.73. The summed E-state index contributed by atoms with van der Waals surface area (Å²) < 4.78 is 7.96. The van der Waals surface area contributed by atoms with E-state index in [-0.39, 0.29) is 12.0 Å². The largest absolute Gasteiger partial charge is 0.370 e. The molecule has 1 aliphatic heterocycles. The number of ether oxygens (including phenoxy) is 1. The molecule has 1 saturated heterocycles. The first-order chi connectivity index (χ1) is 12.2. The van der Waals surface area contributed by atoms with Gasteiger partial charge in [-0.15, -0.1) is 0 Å². The molecule has 1 aliphatic rings. The number of hydrogen-bond donors (Lipinski definition) is 0. The van der Waals surface area contributed by atoms with Gasteiger partial charge in [0.15, 0.2) is 0 Å². The van der Waals surface area contributed by atoms with Crippen molar-refractivity contribution in [2.45, 2.75) is 12.5 Å². The van der Waals surface area contributed by atoms with Crippen molar-refractivity contribution in [2.75, 3.05) is 19.7 Å². The minimum Gasteiger partial charge on any atom is -0.370 e. The van der Waals surface area contributed by atoms with Crippen molar-refractivity contribution in [3.05, 3.63) is 71.9 Å². The fourth-order valence-corrected chi connectivity index (χ4v) is 3.59. The van der Waals surface area contributed by atoms with Crippen LogP contribution in [0.2, 0.25) is 0 Å². The molecule has 1 amide bonds. The number of fused-ring (bicyclic) bond motifs is 1. The van der Waals surface area contributed by atoms with Crippen LogP contribution in [0.1, 0.15) is 17.2 Å². The summed E-state index contributed by atoms with van der Waals surface area (Å²) in [6.07, 6.45) is 2.46. The predicted octanol–water partition coefficient (Wildman–Crippen LogP) is 3.32. The second-order valence-corrected chi connectivity index (χ2v) is 6.57. The number of aromatic nitrogens is 1. The van der Waals surface area contributed by atoms with E-state index in [1.165, 1.54) is 0 Å². The third-order valence-corrected chi connectivity index (χ3v) is 4.91. The van der Waals surface area contributed by atoms with E-state index >= 15 is 0 Å². The molecule has 3 aromatic rings. The molecule has 0 aliphatic carbocycles. The summed E-state index contributed by atoms with van der Waals surface area (Å²) in [5.74, 6) is 0.167. The SMILES string of the molecule is Cn1cc(CC(=O)N2CCOC(c3ccccc3)C2)c2ccccc21. The molecule has 25 heavy (non-hydrogen) atoms. The van der Waals surface area contributed by atoms with Crippen molar-refractivity contribution in [1.29, 1.82) is 0 Å². The molecule has 1 atom stereocenters. The maximum atomic E-state index is 12.9. The van der Waals surface area contributed by atoms with Gasteiger partial charge in [-0.05, 0) is 17.2 Å². The standard InChI is InChI=1S/C21H22N2O2/c1-22-14-17(18-9-5-6-10-19(18)22)13-21(24)23-11-12-25-20(15-23)16-7-3-2-4-8-16/h2-10,14,20H,11-13,15H2,1H3. The van der Waals surface area contributed by atoms with Gasteiger partial charge >= 0.3 is 0 Å². The quantitative estimate of drug-likeness (QED) is 0.736. The van der Waals surface area contributed by atoms with Crippen LogP contribution in [0.4, 0.5) is 0 Å². The molecule has 1 aromatic heterocycles. The van der Waals surface area contributed by atoms with Crippen molar-refractivity contribution in [1.82, 2.24) is 9.47 Å². The topological polar surface area (TPSA) is 34.5 Å². The Morgan fingerprint density at radius 2 is 1.88 bits per heavy atom. The third-order valence-electron chi connectivity index (χ3n) is 4.91. The first kappa shape index (κ1) is 15.9. The molecule has 128 valence electrons. The van der Waals surface area contributed by atoms with Crippen LogP contribution in [-0.2, 0) is 23.0 Å². The van der Waals surface area contributed by atoms with E-state index in [0.29, 0.717) is 26.1 Å². The molecule has 0 saturated carbocycles. The molecule has 0 radical (unpaired) electrons. The minimum absolute atomic E-state index is 0.0357. The number of para-hydroxylation sites is 1. The maximum absolute atomic E-state index is 12.9. The highest BCUT2D eigenvalue weighted by atomic mass is 16.5. The summed E-state index contributed by atoms with van der Waals surface area (Å²) in [7, 11) is 2.02. The third kappa shape index (κ3) is 3.17. The van der Waals surface area contributed by atoms with E-state index in [2.05, 4.69) is 35.0 Å². The number of rotatable bonds is 3. The Bertz CT molecular complexity index is 885. The van der Waals surface area contributed by atoms with Crippen molar-refractivity contribution < 1.29 is 9.53 Å². The number of amides is 1. The van der Waals surface area contributed by atoms with E-state index < -0.39 is 0 Å². The zero-order chi connectivity index (χ0) is 17.2. The van der Waals surface area contributed by atoms with Gasteiger partial charge in [0.25, 0.3) is 0 Å². The fourth-order valence-electron chi connectivity index (χ4n) is 3.59. The van der Waals surface area contributed by atoms with Crippen LogP contribution in [0.25, 0.3) is 10.9 Å². The fraction of sp³-hybridized carbons (Fsp3) is 0.286. The first-order valence-corrected chi connectivity index (χ1v) is 8.69. The number of morpholine rings is 1. The number of aryl methyl sites for hydroxylation is 1. The van der Waals surface area contributed by atoms with Gasteiger partial charge in [-0.1, -0.05) is 48.5 Å². The monoisotopic (exact) mass is 334 g/mol. The molecule has 2 heterocycles. The van der Waals surface area contributed by atoms with E-state index in [1.54, 1.807) is 0 Å². The summed E-state index contributed by atoms with van der Waals surface area (Å²) in [6.45, 7) is 1.86. The lowest BCUT2D eigenvalue weighted by atomic mass is 10.1. The highest BCUT2D eigenvalue weighted by molar-refractivity contribution is 5.89. The molecule has 2 aromatic carbocycles. The summed E-state index contributed by atoms with van der Waals surface area (Å²) in [5.41, 5.74) is 3.38. The highest BCUT2D eigenvalue weighted by Gasteiger charge is 2.25. The number of nitrogens with zero attached hydrogens (tertiary/aromatic N) is 2. The van der Waals surface area contributed by atoms with Gasteiger partial charge in [-0.25, -0.2) is 0 Å². The van der Waals surface area contributed by atoms with Gasteiger partial charge in [0, 0.05) is 30.7 Å². The summed E-state index contributed by atoms with van der Waals surface area (Å²) in [4.78, 5) is 14.8. The number of carbonyl (C=O) groups is 1. The number of benzene rings is 2. The van der Waals surface area contributed by atoms with E-state index in [0.717, 1.165) is 22.0 Å². The van der Waals surface area contributed by atoms with Gasteiger partial charge in [0.2, 0.25) is 5.91 Å². The first-order valence-electron chi connectivity index (χ1n) is 8.69. The molecule has 1 unspecified atom stereocenters. The molecular weight excluding hydrogens is 312 g/mol. The average molecular weight is 334 g/mol. The normalized spacial score (nSPS) is 17.8. The Morgan fingerprint density at radius 3 is 2.72 bits per heavy atom. The summed E-state index contributed by atoms with van der Waals surface area (Å²) >= 11 is 0. The highest BCUT2D eigenvalue weighted by Crippen LogP contribution is 2.24. The van der Waals surface area contributed by atoms with E-state index in [9.17, 15) is 4.79 Å². The Labute approximate surface area is 147 Å². The lowest BCUT2D eigenvalue weighted by molar-refractivity contribution is -0.138. The van der Waals surface area contributed by atoms with Crippen LogP contribution in [0.3, 0.4) is 0 Å². The number of carbonyl (C=O) groups excluding carboxylic acids is 1. The van der Waals surface area contributed by atoms with Crippen molar-refractivity contribution in [3.8, 4) is 0 Å². The molecule has 4 nitrogen and oxygen atoms in total. The van der Waals surface area contributed by atoms with E-state index in [4.69, 9.17) is 4.74 Å². The van der Waals surface area contributed by atoms with Crippen LogP contribution in [-0.4, -0.2) is 35.1 Å². The lowest BCUT2D eigenvalue weighted by Gasteiger charge is -2.33. The van der Waals surface area contributed by atoms with Gasteiger partial charge in [0.1, 0.15) is 6.10 Å². The van der Waals surface area contributed by atoms with Crippen LogP contribution >= 0.6 is 0 Å². The zero-order valence-electron chi connectivity index (χ0n) is 14.4. The van der Waals surface area contributed by atoms with Crippen LogP contribution in [0.5, 0.6) is 0 Å². The number of hydrogen-bond acceptors (Lipinski definition) is 2. The molecule has 0 N–H and O–H groups in total. The molecular formula is C21H22N2O2. The molecule has 1 fully saturated rings. The zero-order valence-corrected chi connectivity index (χ0v) is 14.4. The minimum atomic E-state index is -0.0357. The van der Waals surface area contributed by atoms with Gasteiger partial charge < -0.3 is 14.2 Å². The van der Waals surface area contributed by atoms with Crippen LogP contribution in [0, 0.1) is 0 Å².